The van der Waals surface area contributed by atoms with Crippen LogP contribution in [-0.2, 0) is 14.9 Å². The number of carbonyl (C=O) groups excluding carboxylic acids is 1. The summed E-state index contributed by atoms with van der Waals surface area (Å²) < 4.78 is 10.2. The third kappa shape index (κ3) is 2.80. The van der Waals surface area contributed by atoms with Gasteiger partial charge in [0, 0.05) is 0 Å². The quantitative estimate of drug-likeness (QED) is 0.750. The van der Waals surface area contributed by atoms with Crippen molar-refractivity contribution in [3.05, 3.63) is 29.8 Å². The lowest BCUT2D eigenvalue weighted by molar-refractivity contribution is -0.149. The first-order valence-electron chi connectivity index (χ1n) is 5.77. The second kappa shape index (κ2) is 6.06. The Balaban J connectivity index is 3.17. The number of rotatable bonds is 5. The van der Waals surface area contributed by atoms with Crippen molar-refractivity contribution < 1.29 is 14.3 Å². The lowest BCUT2D eigenvalue weighted by Crippen LogP contribution is -2.34. The molecule has 0 saturated carbocycles. The smallest absolute Gasteiger partial charge is 0.317 e. The van der Waals surface area contributed by atoms with Gasteiger partial charge in [0.1, 0.15) is 11.2 Å². The molecule has 1 aromatic carbocycles. The summed E-state index contributed by atoms with van der Waals surface area (Å²) >= 11 is 0. The van der Waals surface area contributed by atoms with E-state index in [0.717, 1.165) is 5.56 Å². The molecule has 1 unspecified atom stereocenters. The minimum atomic E-state index is -0.959. The summed E-state index contributed by atoms with van der Waals surface area (Å²) in [5.74, 6) is 0.265. The van der Waals surface area contributed by atoms with Gasteiger partial charge in [0.05, 0.1) is 26.2 Å². The van der Waals surface area contributed by atoms with E-state index in [1.165, 1.54) is 0 Å². The summed E-state index contributed by atoms with van der Waals surface area (Å²) in [5, 5.41) is 8.92. The van der Waals surface area contributed by atoms with Crippen molar-refractivity contribution in [3.63, 3.8) is 0 Å². The Morgan fingerprint density at radius 1 is 1.50 bits per heavy atom. The van der Waals surface area contributed by atoms with Crippen molar-refractivity contribution in [2.45, 2.75) is 25.7 Å². The molecule has 0 aliphatic heterocycles. The Hall–Kier alpha value is -2.02. The Labute approximate surface area is 107 Å². The summed E-state index contributed by atoms with van der Waals surface area (Å²) in [6.45, 7) is 3.75. The van der Waals surface area contributed by atoms with Crippen LogP contribution in [0.15, 0.2) is 24.3 Å². The van der Waals surface area contributed by atoms with Crippen LogP contribution in [-0.4, -0.2) is 19.7 Å². The van der Waals surface area contributed by atoms with Crippen molar-refractivity contribution in [2.24, 2.45) is 0 Å². The largest absolute Gasteiger partial charge is 0.497 e. The van der Waals surface area contributed by atoms with Gasteiger partial charge in [-0.1, -0.05) is 12.1 Å². The van der Waals surface area contributed by atoms with E-state index in [4.69, 9.17) is 14.7 Å². The highest BCUT2D eigenvalue weighted by molar-refractivity contribution is 5.83. The lowest BCUT2D eigenvalue weighted by atomic mass is 9.80. The van der Waals surface area contributed by atoms with Crippen molar-refractivity contribution in [3.8, 4) is 11.8 Å². The minimum Gasteiger partial charge on any atom is -0.497 e. The zero-order chi connectivity index (χ0) is 13.6. The molecule has 0 saturated heterocycles. The first-order valence-corrected chi connectivity index (χ1v) is 5.77. The van der Waals surface area contributed by atoms with Crippen LogP contribution in [0.1, 0.15) is 25.8 Å². The maximum Gasteiger partial charge on any atom is 0.317 e. The van der Waals surface area contributed by atoms with E-state index in [-0.39, 0.29) is 12.4 Å². The topological polar surface area (TPSA) is 59.3 Å². The number of ether oxygens (including phenoxy) is 2. The molecule has 18 heavy (non-hydrogen) atoms. The van der Waals surface area contributed by atoms with Crippen molar-refractivity contribution in [1.29, 1.82) is 5.26 Å². The summed E-state index contributed by atoms with van der Waals surface area (Å²) in [4.78, 5) is 12.0. The van der Waals surface area contributed by atoms with Crippen LogP contribution in [0, 0.1) is 11.3 Å². The van der Waals surface area contributed by atoms with E-state index >= 15 is 0 Å². The van der Waals surface area contributed by atoms with Crippen LogP contribution < -0.4 is 4.74 Å². The van der Waals surface area contributed by atoms with Gasteiger partial charge in [-0.3, -0.25) is 4.79 Å². The molecule has 0 fully saturated rings. The van der Waals surface area contributed by atoms with E-state index in [2.05, 4.69) is 0 Å². The summed E-state index contributed by atoms with van der Waals surface area (Å²) in [6.07, 6.45) is 0.0685. The van der Waals surface area contributed by atoms with Gasteiger partial charge in [0.25, 0.3) is 0 Å². The molecule has 4 nitrogen and oxygen atoms in total. The number of methoxy groups -OCH3 is 1. The number of carbonyl (C=O) groups is 1. The number of nitriles is 1. The Morgan fingerprint density at radius 2 is 2.22 bits per heavy atom. The fraction of sp³-hybridized carbons (Fsp3) is 0.429. The van der Waals surface area contributed by atoms with Gasteiger partial charge >= 0.3 is 5.97 Å². The molecule has 0 aliphatic rings. The van der Waals surface area contributed by atoms with E-state index in [1.54, 1.807) is 45.2 Å². The van der Waals surface area contributed by atoms with E-state index < -0.39 is 5.41 Å². The second-order valence-corrected chi connectivity index (χ2v) is 4.12. The molecule has 4 heteroatoms. The van der Waals surface area contributed by atoms with Crippen LogP contribution in [0.5, 0.6) is 5.75 Å². The molecule has 1 rings (SSSR count). The van der Waals surface area contributed by atoms with Crippen LogP contribution in [0.3, 0.4) is 0 Å². The standard InChI is InChI=1S/C14H17NO3/c1-4-18-13(16)14(2,8-9-15)11-6-5-7-12(10-11)17-3/h5-7,10H,4,8H2,1-3H3. The normalized spacial score (nSPS) is 13.2. The molecule has 1 aromatic rings. The summed E-state index contributed by atoms with van der Waals surface area (Å²) in [7, 11) is 1.56. The molecule has 0 aliphatic carbocycles. The third-order valence-electron chi connectivity index (χ3n) is 2.87. The summed E-state index contributed by atoms with van der Waals surface area (Å²) in [5.41, 5.74) is -0.235. The Bertz CT molecular complexity index is 464. The number of hydrogen-bond acceptors (Lipinski definition) is 4. The highest BCUT2D eigenvalue weighted by Gasteiger charge is 2.37. The van der Waals surface area contributed by atoms with E-state index in [1.807, 2.05) is 6.07 Å². The first-order chi connectivity index (χ1) is 8.58. The first kappa shape index (κ1) is 14.0. The number of esters is 1. The number of benzene rings is 1. The summed E-state index contributed by atoms with van der Waals surface area (Å²) in [6, 6.07) is 9.19. The predicted octanol–water partition coefficient (Wildman–Crippen LogP) is 2.43. The van der Waals surface area contributed by atoms with E-state index in [9.17, 15) is 4.79 Å². The van der Waals surface area contributed by atoms with Crippen LogP contribution in [0.2, 0.25) is 0 Å². The fourth-order valence-electron chi connectivity index (χ4n) is 1.71. The second-order valence-electron chi connectivity index (χ2n) is 4.12. The van der Waals surface area contributed by atoms with E-state index in [0.29, 0.717) is 12.4 Å². The van der Waals surface area contributed by atoms with Crippen molar-refractivity contribution in [2.75, 3.05) is 13.7 Å². The highest BCUT2D eigenvalue weighted by Crippen LogP contribution is 2.31. The molecule has 0 radical (unpaired) electrons. The zero-order valence-electron chi connectivity index (χ0n) is 10.9. The lowest BCUT2D eigenvalue weighted by Gasteiger charge is -2.25. The molecule has 0 spiro atoms. The van der Waals surface area contributed by atoms with Gasteiger partial charge < -0.3 is 9.47 Å². The number of nitrogens with zero attached hydrogens (tertiary/aromatic N) is 1. The zero-order valence-corrected chi connectivity index (χ0v) is 10.9. The van der Waals surface area contributed by atoms with Crippen LogP contribution >= 0.6 is 0 Å². The molecule has 0 bridgehead atoms. The predicted molar refractivity (Wildman–Crippen MR) is 67.2 cm³/mol. The molecular formula is C14H17NO3. The van der Waals surface area contributed by atoms with Crippen LogP contribution in [0.4, 0.5) is 0 Å². The molecule has 0 heterocycles. The Kier molecular flexibility index (Phi) is 4.73. The van der Waals surface area contributed by atoms with Gasteiger partial charge in [0.15, 0.2) is 0 Å². The van der Waals surface area contributed by atoms with Crippen molar-refractivity contribution in [1.82, 2.24) is 0 Å². The maximum atomic E-state index is 12.0. The van der Waals surface area contributed by atoms with Crippen LogP contribution in [0.25, 0.3) is 0 Å². The molecule has 96 valence electrons. The SMILES string of the molecule is CCOC(=O)C(C)(CC#N)c1cccc(OC)c1. The maximum absolute atomic E-state index is 12.0. The fourth-order valence-corrected chi connectivity index (χ4v) is 1.71. The number of hydrogen-bond donors (Lipinski definition) is 0. The van der Waals surface area contributed by atoms with Gasteiger partial charge in [0.2, 0.25) is 0 Å². The van der Waals surface area contributed by atoms with Gasteiger partial charge in [-0.25, -0.2) is 0 Å². The van der Waals surface area contributed by atoms with Gasteiger partial charge in [-0.2, -0.15) is 5.26 Å². The molecular weight excluding hydrogens is 230 g/mol. The van der Waals surface area contributed by atoms with Gasteiger partial charge in [-0.05, 0) is 31.5 Å². The molecule has 0 amide bonds. The van der Waals surface area contributed by atoms with Crippen molar-refractivity contribution >= 4 is 5.97 Å². The molecule has 1 atom stereocenters. The molecule has 0 aromatic heterocycles. The highest BCUT2D eigenvalue weighted by atomic mass is 16.5. The molecule has 0 N–H and O–H groups in total. The van der Waals surface area contributed by atoms with Gasteiger partial charge in [-0.15, -0.1) is 0 Å². The third-order valence-corrected chi connectivity index (χ3v) is 2.87. The minimum absolute atomic E-state index is 0.0685. The monoisotopic (exact) mass is 247 g/mol. The average Bonchev–Trinajstić information content (AvgIpc) is 2.39. The Morgan fingerprint density at radius 3 is 2.78 bits per heavy atom. The average molecular weight is 247 g/mol.